The van der Waals surface area contributed by atoms with Crippen LogP contribution >= 0.6 is 0 Å². The minimum atomic E-state index is 0.0448. The Kier molecular flexibility index (Phi) is 3.08. The van der Waals surface area contributed by atoms with Crippen LogP contribution in [0.1, 0.15) is 31.7 Å². The van der Waals surface area contributed by atoms with E-state index in [0.29, 0.717) is 6.04 Å². The molecule has 1 amide bonds. The molecule has 1 aromatic rings. The Morgan fingerprint density at radius 2 is 1.94 bits per heavy atom. The van der Waals surface area contributed by atoms with Gasteiger partial charge < -0.3 is 10.2 Å². The maximum Gasteiger partial charge on any atom is 0.244 e. The van der Waals surface area contributed by atoms with Crippen molar-refractivity contribution in [3.63, 3.8) is 0 Å². The molecule has 1 atom stereocenters. The van der Waals surface area contributed by atoms with Gasteiger partial charge in [-0.05, 0) is 43.4 Å². The third-order valence-corrected chi connectivity index (χ3v) is 3.88. The zero-order valence-electron chi connectivity index (χ0n) is 10.9. The summed E-state index contributed by atoms with van der Waals surface area (Å²) < 4.78 is 0. The molecule has 18 heavy (non-hydrogen) atoms. The molecule has 2 fully saturated rings. The summed E-state index contributed by atoms with van der Waals surface area (Å²) in [4.78, 5) is 14.2. The fourth-order valence-electron chi connectivity index (χ4n) is 2.54. The van der Waals surface area contributed by atoms with Gasteiger partial charge in [0.25, 0.3) is 0 Å². The number of nitrogens with zero attached hydrogens (tertiary/aromatic N) is 1. The molecule has 0 bridgehead atoms. The highest BCUT2D eigenvalue weighted by Gasteiger charge is 2.36. The minimum Gasteiger partial charge on any atom is -0.311 e. The molecule has 96 valence electrons. The number of carbonyl (C=O) groups excluding carboxylic acids is 1. The van der Waals surface area contributed by atoms with Crippen molar-refractivity contribution in [2.75, 3.05) is 11.4 Å². The smallest absolute Gasteiger partial charge is 0.244 e. The molecule has 3 rings (SSSR count). The van der Waals surface area contributed by atoms with Crippen LogP contribution in [0.2, 0.25) is 0 Å². The van der Waals surface area contributed by atoms with E-state index in [4.69, 9.17) is 0 Å². The predicted octanol–water partition coefficient (Wildman–Crippen LogP) is 2.11. The van der Waals surface area contributed by atoms with Gasteiger partial charge in [0.05, 0.1) is 6.04 Å². The van der Waals surface area contributed by atoms with Gasteiger partial charge in [-0.3, -0.25) is 4.79 Å². The zero-order chi connectivity index (χ0) is 12.5. The lowest BCUT2D eigenvalue weighted by molar-refractivity contribution is -0.118. The average Bonchev–Trinajstić information content (AvgIpc) is 3.15. The second kappa shape index (κ2) is 4.73. The van der Waals surface area contributed by atoms with Gasteiger partial charge in [0.15, 0.2) is 0 Å². The molecular formula is C15H20N2O. The maximum atomic E-state index is 12.3. The molecule has 1 saturated heterocycles. The standard InChI is InChI=1S/C15H20N2O/c1-2-11-3-7-13(8-4-11)17-10-9-14(15(17)18)16-12-5-6-12/h3-4,7-8,12,14,16H,2,5-6,9-10H2,1H3. The van der Waals surface area contributed by atoms with Crippen molar-refractivity contribution in [2.45, 2.75) is 44.7 Å². The summed E-state index contributed by atoms with van der Waals surface area (Å²) in [5.74, 6) is 0.242. The molecule has 1 N–H and O–H groups in total. The first-order valence-electron chi connectivity index (χ1n) is 6.94. The normalized spacial score (nSPS) is 23.7. The molecule has 1 heterocycles. The molecule has 3 nitrogen and oxygen atoms in total. The van der Waals surface area contributed by atoms with Crippen LogP contribution in [-0.4, -0.2) is 24.5 Å². The number of aryl methyl sites for hydroxylation is 1. The molecule has 0 spiro atoms. The Hall–Kier alpha value is -1.35. The molecule has 1 aromatic carbocycles. The fourth-order valence-corrected chi connectivity index (χ4v) is 2.54. The second-order valence-corrected chi connectivity index (χ2v) is 5.29. The van der Waals surface area contributed by atoms with Crippen molar-refractivity contribution in [3.8, 4) is 0 Å². The first kappa shape index (κ1) is 11.7. The van der Waals surface area contributed by atoms with E-state index in [9.17, 15) is 4.79 Å². The Balaban J connectivity index is 1.69. The summed E-state index contributed by atoms with van der Waals surface area (Å²) in [6.45, 7) is 2.99. The maximum absolute atomic E-state index is 12.3. The summed E-state index contributed by atoms with van der Waals surface area (Å²) in [5, 5.41) is 3.43. The Labute approximate surface area is 108 Å². The number of hydrogen-bond acceptors (Lipinski definition) is 2. The first-order chi connectivity index (χ1) is 8.78. The summed E-state index contributed by atoms with van der Waals surface area (Å²) in [5.41, 5.74) is 2.36. The Morgan fingerprint density at radius 3 is 2.56 bits per heavy atom. The van der Waals surface area contributed by atoms with Crippen molar-refractivity contribution in [3.05, 3.63) is 29.8 Å². The van der Waals surface area contributed by atoms with E-state index in [-0.39, 0.29) is 11.9 Å². The highest BCUT2D eigenvalue weighted by molar-refractivity contribution is 5.99. The Bertz CT molecular complexity index is 436. The van der Waals surface area contributed by atoms with Crippen LogP contribution in [0.25, 0.3) is 0 Å². The van der Waals surface area contributed by atoms with E-state index >= 15 is 0 Å². The van der Waals surface area contributed by atoms with E-state index < -0.39 is 0 Å². The fraction of sp³-hybridized carbons (Fsp3) is 0.533. The lowest BCUT2D eigenvalue weighted by Crippen LogP contribution is -2.39. The van der Waals surface area contributed by atoms with Crippen LogP contribution in [-0.2, 0) is 11.2 Å². The third-order valence-electron chi connectivity index (χ3n) is 3.88. The van der Waals surface area contributed by atoms with Gasteiger partial charge in [-0.15, -0.1) is 0 Å². The molecule has 1 aliphatic carbocycles. The van der Waals surface area contributed by atoms with Crippen molar-refractivity contribution >= 4 is 11.6 Å². The molecule has 0 radical (unpaired) electrons. The molecule has 2 aliphatic rings. The monoisotopic (exact) mass is 244 g/mol. The molecule has 1 unspecified atom stereocenters. The molecular weight excluding hydrogens is 224 g/mol. The number of hydrogen-bond donors (Lipinski definition) is 1. The van der Waals surface area contributed by atoms with Gasteiger partial charge in [-0.2, -0.15) is 0 Å². The zero-order valence-corrected chi connectivity index (χ0v) is 10.9. The van der Waals surface area contributed by atoms with Crippen LogP contribution in [0.3, 0.4) is 0 Å². The lowest BCUT2D eigenvalue weighted by Gasteiger charge is -2.17. The first-order valence-corrected chi connectivity index (χ1v) is 6.94. The van der Waals surface area contributed by atoms with Crippen molar-refractivity contribution < 1.29 is 4.79 Å². The van der Waals surface area contributed by atoms with Gasteiger partial charge in [0, 0.05) is 18.3 Å². The summed E-state index contributed by atoms with van der Waals surface area (Å²) in [7, 11) is 0. The van der Waals surface area contributed by atoms with E-state index in [1.165, 1.54) is 18.4 Å². The highest BCUT2D eigenvalue weighted by atomic mass is 16.2. The molecule has 3 heteroatoms. The van der Waals surface area contributed by atoms with Crippen LogP contribution in [0.15, 0.2) is 24.3 Å². The number of rotatable bonds is 4. The van der Waals surface area contributed by atoms with Gasteiger partial charge in [-0.25, -0.2) is 0 Å². The SMILES string of the molecule is CCc1ccc(N2CCC(NC3CC3)C2=O)cc1. The van der Waals surface area contributed by atoms with Gasteiger partial charge in [-0.1, -0.05) is 19.1 Å². The quantitative estimate of drug-likeness (QED) is 0.879. The summed E-state index contributed by atoms with van der Waals surface area (Å²) in [6.07, 6.45) is 4.44. The van der Waals surface area contributed by atoms with Crippen LogP contribution < -0.4 is 10.2 Å². The van der Waals surface area contributed by atoms with Crippen molar-refractivity contribution in [1.82, 2.24) is 5.32 Å². The van der Waals surface area contributed by atoms with Gasteiger partial charge >= 0.3 is 0 Å². The van der Waals surface area contributed by atoms with Gasteiger partial charge in [0.2, 0.25) is 5.91 Å². The highest BCUT2D eigenvalue weighted by Crippen LogP contribution is 2.25. The van der Waals surface area contributed by atoms with Crippen LogP contribution in [0.5, 0.6) is 0 Å². The molecule has 0 aromatic heterocycles. The lowest BCUT2D eigenvalue weighted by atomic mass is 10.1. The average molecular weight is 244 g/mol. The van der Waals surface area contributed by atoms with E-state index in [1.54, 1.807) is 0 Å². The van der Waals surface area contributed by atoms with Crippen molar-refractivity contribution in [2.24, 2.45) is 0 Å². The van der Waals surface area contributed by atoms with Crippen LogP contribution in [0, 0.1) is 0 Å². The third kappa shape index (κ3) is 2.27. The largest absolute Gasteiger partial charge is 0.311 e. The Morgan fingerprint density at radius 1 is 1.22 bits per heavy atom. The van der Waals surface area contributed by atoms with Gasteiger partial charge in [0.1, 0.15) is 0 Å². The predicted molar refractivity (Wildman–Crippen MR) is 72.7 cm³/mol. The van der Waals surface area contributed by atoms with E-state index in [0.717, 1.165) is 25.1 Å². The summed E-state index contributed by atoms with van der Waals surface area (Å²) >= 11 is 0. The number of amides is 1. The second-order valence-electron chi connectivity index (χ2n) is 5.29. The summed E-state index contributed by atoms with van der Waals surface area (Å²) in [6, 6.07) is 9.01. The van der Waals surface area contributed by atoms with Crippen molar-refractivity contribution in [1.29, 1.82) is 0 Å². The number of carbonyl (C=O) groups is 1. The number of benzene rings is 1. The molecule has 1 aliphatic heterocycles. The van der Waals surface area contributed by atoms with E-state index in [1.807, 2.05) is 4.90 Å². The minimum absolute atomic E-state index is 0.0448. The molecule has 1 saturated carbocycles. The topological polar surface area (TPSA) is 32.3 Å². The number of nitrogens with one attached hydrogen (secondary N) is 1. The number of anilines is 1. The van der Waals surface area contributed by atoms with Crippen LogP contribution in [0.4, 0.5) is 5.69 Å². The van der Waals surface area contributed by atoms with E-state index in [2.05, 4.69) is 36.5 Å².